The molecule has 144 valence electrons. The number of nitrogens with zero attached hydrogens (tertiary/aromatic N) is 3. The lowest BCUT2D eigenvalue weighted by atomic mass is 10.3. The topological polar surface area (TPSA) is 125 Å². The number of rotatable bonds is 7. The van der Waals surface area contributed by atoms with Gasteiger partial charge in [0.25, 0.3) is 0 Å². The number of allylic oxidation sites excluding steroid dienone is 2. The van der Waals surface area contributed by atoms with Gasteiger partial charge in [0.15, 0.2) is 13.0 Å². The van der Waals surface area contributed by atoms with Gasteiger partial charge >= 0.3 is 0 Å². The number of benzene rings is 1. The van der Waals surface area contributed by atoms with Gasteiger partial charge in [0.2, 0.25) is 11.7 Å². The molecular formula is C15H17BrFN6O3P. The normalized spacial score (nSPS) is 15.9. The van der Waals surface area contributed by atoms with Crippen LogP contribution in [0.25, 0.3) is 0 Å². The van der Waals surface area contributed by atoms with Crippen molar-refractivity contribution in [1.82, 2.24) is 15.4 Å². The first-order valence-electron chi connectivity index (χ1n) is 8.00. The summed E-state index contributed by atoms with van der Waals surface area (Å²) in [6.45, 7) is 0.862. The number of hydrogen-bond acceptors (Lipinski definition) is 7. The van der Waals surface area contributed by atoms with Gasteiger partial charge in [0.1, 0.15) is 5.82 Å². The molecule has 0 saturated carbocycles. The molecule has 2 aromatic rings. The third kappa shape index (κ3) is 4.94. The summed E-state index contributed by atoms with van der Waals surface area (Å²) in [5, 5.41) is 28.8. The van der Waals surface area contributed by atoms with E-state index in [1.807, 2.05) is 12.2 Å². The van der Waals surface area contributed by atoms with Gasteiger partial charge in [-0.15, -0.1) is 0 Å². The molecule has 0 amide bonds. The molecule has 0 saturated heterocycles. The number of halogens is 2. The quantitative estimate of drug-likeness (QED) is 0.0948. The van der Waals surface area contributed by atoms with Crippen LogP contribution in [-0.4, -0.2) is 46.8 Å². The van der Waals surface area contributed by atoms with Crippen molar-refractivity contribution < 1.29 is 18.8 Å². The predicted molar refractivity (Wildman–Crippen MR) is 103 cm³/mol. The molecule has 0 spiro atoms. The molecule has 0 atom stereocenters. The molecule has 0 bridgehead atoms. The molecule has 27 heavy (non-hydrogen) atoms. The SMILES string of the molecule is O=P1(NCCNc2nonc2C(=NO)Nc2ccc(F)c(Br)c2)CC=CC1. The molecule has 0 fully saturated rings. The van der Waals surface area contributed by atoms with E-state index in [-0.39, 0.29) is 21.8 Å². The van der Waals surface area contributed by atoms with Gasteiger partial charge in [0.05, 0.1) is 4.47 Å². The van der Waals surface area contributed by atoms with E-state index in [4.69, 9.17) is 4.63 Å². The third-order valence-electron chi connectivity index (χ3n) is 3.78. The molecule has 1 aromatic carbocycles. The highest BCUT2D eigenvalue weighted by Gasteiger charge is 2.22. The number of anilines is 2. The molecule has 0 aliphatic carbocycles. The second-order valence-corrected chi connectivity index (χ2v) is 9.40. The van der Waals surface area contributed by atoms with Crippen LogP contribution in [0.3, 0.4) is 0 Å². The van der Waals surface area contributed by atoms with E-state index in [9.17, 15) is 14.2 Å². The number of aromatic nitrogens is 2. The van der Waals surface area contributed by atoms with Crippen molar-refractivity contribution in [2.24, 2.45) is 5.16 Å². The van der Waals surface area contributed by atoms with E-state index in [2.05, 4.69) is 47.1 Å². The standard InChI is InChI=1S/C15H17BrFN6O3P/c16-11-9-10(3-4-12(11)17)20-15(21-24)13-14(23-26-22-13)18-5-6-19-27(25)7-1-2-8-27/h1-4,9,24H,5-8H2,(H,18,23)(H,19,25)(H,20,21). The molecule has 12 heteroatoms. The Hall–Kier alpha value is -2.23. The van der Waals surface area contributed by atoms with Crippen LogP contribution in [0.15, 0.2) is 44.6 Å². The van der Waals surface area contributed by atoms with Crippen LogP contribution < -0.4 is 15.7 Å². The summed E-state index contributed by atoms with van der Waals surface area (Å²) in [5.74, 6) is -0.198. The predicted octanol–water partition coefficient (Wildman–Crippen LogP) is 3.07. The summed E-state index contributed by atoms with van der Waals surface area (Å²) >= 11 is 3.08. The maximum absolute atomic E-state index is 13.3. The van der Waals surface area contributed by atoms with E-state index in [0.717, 1.165) is 0 Å². The van der Waals surface area contributed by atoms with Crippen molar-refractivity contribution in [1.29, 1.82) is 0 Å². The molecule has 9 nitrogen and oxygen atoms in total. The fourth-order valence-corrected chi connectivity index (χ4v) is 4.72. The summed E-state index contributed by atoms with van der Waals surface area (Å²) in [5.41, 5.74) is 0.616. The van der Waals surface area contributed by atoms with Gasteiger partial charge in [0, 0.05) is 31.1 Å². The smallest absolute Gasteiger partial charge is 0.203 e. The van der Waals surface area contributed by atoms with Crippen LogP contribution in [0.5, 0.6) is 0 Å². The average molecular weight is 459 g/mol. The minimum absolute atomic E-state index is 0.0296. The Balaban J connectivity index is 1.60. The van der Waals surface area contributed by atoms with Crippen molar-refractivity contribution in [3.05, 3.63) is 46.3 Å². The molecule has 0 radical (unpaired) electrons. The maximum atomic E-state index is 13.3. The fraction of sp³-hybridized carbons (Fsp3) is 0.267. The van der Waals surface area contributed by atoms with Gasteiger partial charge in [-0.3, -0.25) is 5.09 Å². The Bertz CT molecular complexity index is 907. The van der Waals surface area contributed by atoms with Crippen molar-refractivity contribution in [2.75, 3.05) is 36.0 Å². The van der Waals surface area contributed by atoms with Crippen LogP contribution in [0.4, 0.5) is 15.9 Å². The minimum atomic E-state index is -2.34. The van der Waals surface area contributed by atoms with Gasteiger partial charge in [-0.25, -0.2) is 9.02 Å². The van der Waals surface area contributed by atoms with Gasteiger partial charge in [-0.05, 0) is 44.4 Å². The highest BCUT2D eigenvalue weighted by atomic mass is 79.9. The highest BCUT2D eigenvalue weighted by molar-refractivity contribution is 9.10. The van der Waals surface area contributed by atoms with Gasteiger partial charge in [-0.2, -0.15) is 0 Å². The summed E-state index contributed by atoms with van der Waals surface area (Å²) in [4.78, 5) is 0. The molecule has 1 aliphatic heterocycles. The zero-order valence-electron chi connectivity index (χ0n) is 14.0. The second-order valence-electron chi connectivity index (χ2n) is 5.72. The lowest BCUT2D eigenvalue weighted by Crippen LogP contribution is -2.22. The van der Waals surface area contributed by atoms with Crippen molar-refractivity contribution in [3.8, 4) is 0 Å². The van der Waals surface area contributed by atoms with E-state index >= 15 is 0 Å². The van der Waals surface area contributed by atoms with Gasteiger partial charge < -0.3 is 20.4 Å². The van der Waals surface area contributed by atoms with E-state index in [1.165, 1.54) is 18.2 Å². The maximum Gasteiger partial charge on any atom is 0.203 e. The molecule has 3 rings (SSSR count). The first kappa shape index (κ1) is 19.5. The molecule has 0 unspecified atom stereocenters. The lowest BCUT2D eigenvalue weighted by molar-refractivity contribution is 0.305. The van der Waals surface area contributed by atoms with Gasteiger partial charge in [-0.1, -0.05) is 17.3 Å². The molecule has 1 aliphatic rings. The van der Waals surface area contributed by atoms with Crippen LogP contribution in [0, 0.1) is 5.82 Å². The second kappa shape index (κ2) is 8.64. The highest BCUT2D eigenvalue weighted by Crippen LogP contribution is 2.44. The van der Waals surface area contributed by atoms with Crippen molar-refractivity contribution in [3.63, 3.8) is 0 Å². The number of nitrogens with one attached hydrogen (secondary N) is 3. The number of hydrogen-bond donors (Lipinski definition) is 4. The third-order valence-corrected chi connectivity index (χ3v) is 6.79. The largest absolute Gasteiger partial charge is 0.409 e. The van der Waals surface area contributed by atoms with E-state index in [1.54, 1.807) is 0 Å². The van der Waals surface area contributed by atoms with Crippen molar-refractivity contribution >= 4 is 40.6 Å². The summed E-state index contributed by atoms with van der Waals surface area (Å²) in [6.07, 6.45) is 4.93. The van der Waals surface area contributed by atoms with E-state index < -0.39 is 13.1 Å². The molecule has 2 heterocycles. The number of oxime groups is 1. The molecular weight excluding hydrogens is 442 g/mol. The Kier molecular flexibility index (Phi) is 6.25. The minimum Gasteiger partial charge on any atom is -0.409 e. The Morgan fingerprint density at radius 3 is 2.81 bits per heavy atom. The molecule has 1 aromatic heterocycles. The average Bonchev–Trinajstić information content (AvgIpc) is 3.29. The Morgan fingerprint density at radius 2 is 2.11 bits per heavy atom. The van der Waals surface area contributed by atoms with Crippen LogP contribution in [0.2, 0.25) is 0 Å². The monoisotopic (exact) mass is 458 g/mol. The van der Waals surface area contributed by atoms with Crippen LogP contribution in [-0.2, 0) is 4.57 Å². The van der Waals surface area contributed by atoms with Crippen LogP contribution in [0.1, 0.15) is 5.69 Å². The Morgan fingerprint density at radius 1 is 1.33 bits per heavy atom. The van der Waals surface area contributed by atoms with E-state index in [0.29, 0.717) is 31.1 Å². The summed E-state index contributed by atoms with van der Waals surface area (Å²) < 4.78 is 30.6. The molecule has 4 N–H and O–H groups in total. The summed E-state index contributed by atoms with van der Waals surface area (Å²) in [7, 11) is -2.34. The first-order chi connectivity index (χ1) is 13.0. The first-order valence-corrected chi connectivity index (χ1v) is 10.9. The summed E-state index contributed by atoms with van der Waals surface area (Å²) in [6, 6.07) is 4.22. The number of amidine groups is 1. The zero-order chi connectivity index (χ0) is 19.3. The van der Waals surface area contributed by atoms with Crippen molar-refractivity contribution in [2.45, 2.75) is 0 Å². The fourth-order valence-electron chi connectivity index (χ4n) is 2.44. The Labute approximate surface area is 162 Å². The van der Waals surface area contributed by atoms with Crippen LogP contribution >= 0.6 is 23.2 Å². The zero-order valence-corrected chi connectivity index (χ0v) is 16.5. The lowest BCUT2D eigenvalue weighted by Gasteiger charge is -2.13.